The number of hydrogen-bond donors (Lipinski definition) is 1. The highest BCUT2D eigenvalue weighted by atomic mass is 16.5. The third-order valence-corrected chi connectivity index (χ3v) is 3.50. The lowest BCUT2D eigenvalue weighted by Gasteiger charge is -2.12. The Balaban J connectivity index is 2.11. The molecule has 0 bridgehead atoms. The first kappa shape index (κ1) is 13.9. The number of fused-ring (bicyclic) bond motifs is 1. The maximum Gasteiger partial charge on any atom is 0.119 e. The van der Waals surface area contributed by atoms with Gasteiger partial charge in [-0.15, -0.1) is 0 Å². The molecule has 3 rings (SSSR count). The van der Waals surface area contributed by atoms with Crippen LogP contribution in [0.1, 0.15) is 11.1 Å². The lowest BCUT2D eigenvalue weighted by Crippen LogP contribution is -1.97. The Morgan fingerprint density at radius 1 is 1.14 bits per heavy atom. The number of rotatable bonds is 3. The van der Waals surface area contributed by atoms with E-state index in [1.165, 1.54) is 0 Å². The van der Waals surface area contributed by atoms with Gasteiger partial charge in [-0.05, 0) is 43.3 Å². The number of anilines is 2. The smallest absolute Gasteiger partial charge is 0.119 e. The summed E-state index contributed by atoms with van der Waals surface area (Å²) in [6, 6.07) is 15.8. The third kappa shape index (κ3) is 2.57. The zero-order valence-corrected chi connectivity index (χ0v) is 12.4. The number of nitrogens with zero attached hydrogens (tertiary/aromatic N) is 2. The Bertz CT molecular complexity index is 864. The average Bonchev–Trinajstić information content (AvgIpc) is 2.56. The highest BCUT2D eigenvalue weighted by molar-refractivity contribution is 5.96. The first-order valence-electron chi connectivity index (χ1n) is 6.92. The number of nitriles is 1. The predicted octanol–water partition coefficient (Wildman–Crippen LogP) is 4.17. The van der Waals surface area contributed by atoms with E-state index in [1.54, 1.807) is 13.3 Å². The summed E-state index contributed by atoms with van der Waals surface area (Å²) in [4.78, 5) is 4.34. The van der Waals surface area contributed by atoms with E-state index in [9.17, 15) is 5.26 Å². The van der Waals surface area contributed by atoms with Gasteiger partial charge in [0.05, 0.1) is 23.9 Å². The molecule has 0 aliphatic heterocycles. The van der Waals surface area contributed by atoms with Crippen LogP contribution >= 0.6 is 0 Å². The second-order valence-electron chi connectivity index (χ2n) is 5.03. The SMILES string of the molecule is COc1ccc(Nc2c(C#N)cnc3ccc(C)cc23)cc1. The van der Waals surface area contributed by atoms with Crippen molar-refractivity contribution in [2.75, 3.05) is 12.4 Å². The molecule has 3 aromatic rings. The second kappa shape index (κ2) is 5.74. The molecular weight excluding hydrogens is 274 g/mol. The molecule has 4 heteroatoms. The molecule has 0 unspecified atom stereocenters. The van der Waals surface area contributed by atoms with Crippen LogP contribution in [0.3, 0.4) is 0 Å². The highest BCUT2D eigenvalue weighted by Gasteiger charge is 2.09. The number of nitrogens with one attached hydrogen (secondary N) is 1. The Hall–Kier alpha value is -3.06. The van der Waals surface area contributed by atoms with Crippen molar-refractivity contribution in [1.82, 2.24) is 4.98 Å². The van der Waals surface area contributed by atoms with Gasteiger partial charge >= 0.3 is 0 Å². The fourth-order valence-corrected chi connectivity index (χ4v) is 2.34. The summed E-state index contributed by atoms with van der Waals surface area (Å²) >= 11 is 0. The molecule has 2 aromatic carbocycles. The van der Waals surface area contributed by atoms with Gasteiger partial charge in [0, 0.05) is 17.3 Å². The topological polar surface area (TPSA) is 57.9 Å². The second-order valence-corrected chi connectivity index (χ2v) is 5.03. The van der Waals surface area contributed by atoms with E-state index in [4.69, 9.17) is 4.74 Å². The van der Waals surface area contributed by atoms with Crippen LogP contribution in [0.15, 0.2) is 48.7 Å². The molecular formula is C18H15N3O. The maximum atomic E-state index is 9.36. The molecule has 22 heavy (non-hydrogen) atoms. The lowest BCUT2D eigenvalue weighted by molar-refractivity contribution is 0.415. The molecule has 0 saturated heterocycles. The average molecular weight is 289 g/mol. The van der Waals surface area contributed by atoms with Crippen molar-refractivity contribution in [2.45, 2.75) is 6.92 Å². The summed E-state index contributed by atoms with van der Waals surface area (Å²) in [5.41, 5.74) is 4.18. The standard InChI is InChI=1S/C18H15N3O/c1-12-3-8-17-16(9-12)18(13(10-19)11-20-17)21-14-4-6-15(22-2)7-5-14/h3-9,11H,1-2H3,(H,20,21). The van der Waals surface area contributed by atoms with E-state index in [0.717, 1.165) is 33.6 Å². The summed E-state index contributed by atoms with van der Waals surface area (Å²) in [6.07, 6.45) is 1.60. The number of methoxy groups -OCH3 is 1. The summed E-state index contributed by atoms with van der Waals surface area (Å²) in [5, 5.41) is 13.6. The predicted molar refractivity (Wildman–Crippen MR) is 87.5 cm³/mol. The number of ether oxygens (including phenoxy) is 1. The molecule has 0 amide bonds. The molecule has 108 valence electrons. The molecule has 0 aliphatic carbocycles. The molecule has 1 aromatic heterocycles. The van der Waals surface area contributed by atoms with Crippen molar-refractivity contribution in [3.8, 4) is 11.8 Å². The summed E-state index contributed by atoms with van der Waals surface area (Å²) in [5.74, 6) is 0.793. The van der Waals surface area contributed by atoms with E-state index in [-0.39, 0.29) is 0 Å². The molecule has 0 aliphatic rings. The molecule has 1 heterocycles. The number of benzene rings is 2. The minimum Gasteiger partial charge on any atom is -0.497 e. The van der Waals surface area contributed by atoms with Gasteiger partial charge in [-0.2, -0.15) is 5.26 Å². The van der Waals surface area contributed by atoms with Gasteiger partial charge in [-0.3, -0.25) is 4.98 Å². The number of aryl methyl sites for hydroxylation is 1. The van der Waals surface area contributed by atoms with E-state index >= 15 is 0 Å². The maximum absolute atomic E-state index is 9.36. The molecule has 0 saturated carbocycles. The van der Waals surface area contributed by atoms with Crippen molar-refractivity contribution in [3.63, 3.8) is 0 Å². The molecule has 0 spiro atoms. The van der Waals surface area contributed by atoms with Gasteiger partial charge in [-0.25, -0.2) is 0 Å². The first-order valence-corrected chi connectivity index (χ1v) is 6.92. The molecule has 4 nitrogen and oxygen atoms in total. The van der Waals surface area contributed by atoms with Crippen molar-refractivity contribution in [3.05, 3.63) is 59.8 Å². The van der Waals surface area contributed by atoms with E-state index in [2.05, 4.69) is 16.4 Å². The van der Waals surface area contributed by atoms with Gasteiger partial charge in [0.15, 0.2) is 0 Å². The summed E-state index contributed by atoms with van der Waals surface area (Å²) < 4.78 is 5.16. The molecule has 0 fully saturated rings. The normalized spacial score (nSPS) is 10.2. The fraction of sp³-hybridized carbons (Fsp3) is 0.111. The van der Waals surface area contributed by atoms with Crippen LogP contribution in [0.5, 0.6) is 5.75 Å². The van der Waals surface area contributed by atoms with Crippen molar-refractivity contribution in [1.29, 1.82) is 5.26 Å². The summed E-state index contributed by atoms with van der Waals surface area (Å²) in [7, 11) is 1.63. The van der Waals surface area contributed by atoms with Gasteiger partial charge < -0.3 is 10.1 Å². The Labute approximate surface area is 129 Å². The monoisotopic (exact) mass is 289 g/mol. The van der Waals surface area contributed by atoms with Crippen LogP contribution < -0.4 is 10.1 Å². The first-order chi connectivity index (χ1) is 10.7. The molecule has 0 radical (unpaired) electrons. The largest absolute Gasteiger partial charge is 0.497 e. The minimum absolute atomic E-state index is 0.522. The van der Waals surface area contributed by atoms with Gasteiger partial charge in [0.25, 0.3) is 0 Å². The Morgan fingerprint density at radius 3 is 2.59 bits per heavy atom. The number of aromatic nitrogens is 1. The van der Waals surface area contributed by atoms with Crippen molar-refractivity contribution >= 4 is 22.3 Å². The Kier molecular flexibility index (Phi) is 3.63. The molecule has 1 N–H and O–H groups in total. The van der Waals surface area contributed by atoms with Gasteiger partial charge in [0.2, 0.25) is 0 Å². The van der Waals surface area contributed by atoms with Crippen LogP contribution in [-0.2, 0) is 0 Å². The fourth-order valence-electron chi connectivity index (χ4n) is 2.34. The van der Waals surface area contributed by atoms with Gasteiger partial charge in [0.1, 0.15) is 11.8 Å². The van der Waals surface area contributed by atoms with Gasteiger partial charge in [-0.1, -0.05) is 11.6 Å². The van der Waals surface area contributed by atoms with E-state index in [1.807, 2.05) is 49.4 Å². The summed E-state index contributed by atoms with van der Waals surface area (Å²) in [6.45, 7) is 2.02. The van der Waals surface area contributed by atoms with Crippen LogP contribution in [0, 0.1) is 18.3 Å². The third-order valence-electron chi connectivity index (χ3n) is 3.50. The zero-order valence-electron chi connectivity index (χ0n) is 12.4. The van der Waals surface area contributed by atoms with Crippen LogP contribution in [-0.4, -0.2) is 12.1 Å². The molecule has 0 atom stereocenters. The minimum atomic E-state index is 0.522. The zero-order chi connectivity index (χ0) is 15.5. The van der Waals surface area contributed by atoms with Crippen molar-refractivity contribution in [2.24, 2.45) is 0 Å². The Morgan fingerprint density at radius 2 is 1.91 bits per heavy atom. The highest BCUT2D eigenvalue weighted by Crippen LogP contribution is 2.30. The van der Waals surface area contributed by atoms with Crippen LogP contribution in [0.25, 0.3) is 10.9 Å². The quantitative estimate of drug-likeness (QED) is 0.786. The number of hydrogen-bond acceptors (Lipinski definition) is 4. The lowest BCUT2D eigenvalue weighted by atomic mass is 10.1. The van der Waals surface area contributed by atoms with Crippen LogP contribution in [0.4, 0.5) is 11.4 Å². The van der Waals surface area contributed by atoms with E-state index < -0.39 is 0 Å². The van der Waals surface area contributed by atoms with E-state index in [0.29, 0.717) is 5.56 Å². The number of pyridine rings is 1. The van der Waals surface area contributed by atoms with Crippen LogP contribution in [0.2, 0.25) is 0 Å². The van der Waals surface area contributed by atoms with Crippen molar-refractivity contribution < 1.29 is 4.74 Å².